The fourth-order valence-corrected chi connectivity index (χ4v) is 2.34. The minimum atomic E-state index is -0.249. The van der Waals surface area contributed by atoms with Gasteiger partial charge in [-0.15, -0.1) is 0 Å². The first-order valence-corrected chi connectivity index (χ1v) is 6.16. The summed E-state index contributed by atoms with van der Waals surface area (Å²) >= 11 is 0. The molecule has 2 aromatic rings. The molecule has 1 saturated heterocycles. The van der Waals surface area contributed by atoms with E-state index in [0.29, 0.717) is 23.7 Å². The van der Waals surface area contributed by atoms with E-state index in [1.165, 1.54) is 12.1 Å². The smallest absolute Gasteiger partial charge is 0.127 e. The SMILES string of the molecule is N#Cc1ccc(F)c(CN2CC(n3cccn3)C2)c1. The van der Waals surface area contributed by atoms with E-state index in [4.69, 9.17) is 5.26 Å². The van der Waals surface area contributed by atoms with Gasteiger partial charge >= 0.3 is 0 Å². The van der Waals surface area contributed by atoms with Crippen LogP contribution in [0.2, 0.25) is 0 Å². The van der Waals surface area contributed by atoms with Crippen LogP contribution in [0.3, 0.4) is 0 Å². The lowest BCUT2D eigenvalue weighted by Gasteiger charge is -2.39. The molecule has 0 atom stereocenters. The Bertz CT molecular complexity index is 609. The quantitative estimate of drug-likeness (QED) is 0.843. The van der Waals surface area contributed by atoms with Gasteiger partial charge in [0.05, 0.1) is 17.7 Å². The normalized spacial score (nSPS) is 16.0. The second-order valence-corrected chi connectivity index (χ2v) is 4.75. The molecule has 19 heavy (non-hydrogen) atoms. The van der Waals surface area contributed by atoms with Gasteiger partial charge in [-0.2, -0.15) is 10.4 Å². The fourth-order valence-electron chi connectivity index (χ4n) is 2.34. The number of nitrogens with zero attached hydrogens (tertiary/aromatic N) is 4. The molecule has 3 rings (SSSR count). The number of aromatic nitrogens is 2. The maximum Gasteiger partial charge on any atom is 0.127 e. The number of rotatable bonds is 3. The highest BCUT2D eigenvalue weighted by atomic mass is 19.1. The van der Waals surface area contributed by atoms with Gasteiger partial charge in [0.2, 0.25) is 0 Å². The third kappa shape index (κ3) is 2.35. The average molecular weight is 256 g/mol. The third-order valence-electron chi connectivity index (χ3n) is 3.41. The summed E-state index contributed by atoms with van der Waals surface area (Å²) in [5.74, 6) is -0.249. The molecule has 4 nitrogen and oxygen atoms in total. The van der Waals surface area contributed by atoms with Crippen molar-refractivity contribution in [2.75, 3.05) is 13.1 Å². The molecule has 96 valence electrons. The van der Waals surface area contributed by atoms with Gasteiger partial charge in [-0.05, 0) is 24.3 Å². The Labute approximate surface area is 110 Å². The summed E-state index contributed by atoms with van der Waals surface area (Å²) in [4.78, 5) is 2.14. The van der Waals surface area contributed by atoms with Gasteiger partial charge in [0.25, 0.3) is 0 Å². The van der Waals surface area contributed by atoms with Crippen molar-refractivity contribution in [3.8, 4) is 6.07 Å². The summed E-state index contributed by atoms with van der Waals surface area (Å²) in [7, 11) is 0. The lowest BCUT2D eigenvalue weighted by atomic mass is 10.1. The molecule has 0 bridgehead atoms. The Kier molecular flexibility index (Phi) is 3.02. The van der Waals surface area contributed by atoms with Gasteiger partial charge in [-0.1, -0.05) is 0 Å². The van der Waals surface area contributed by atoms with E-state index in [9.17, 15) is 4.39 Å². The van der Waals surface area contributed by atoms with E-state index < -0.39 is 0 Å². The topological polar surface area (TPSA) is 44.9 Å². The Morgan fingerprint density at radius 2 is 2.26 bits per heavy atom. The lowest BCUT2D eigenvalue weighted by Crippen LogP contribution is -2.47. The molecule has 5 heteroatoms. The highest BCUT2D eigenvalue weighted by Crippen LogP contribution is 2.23. The Balaban J connectivity index is 1.64. The second-order valence-electron chi connectivity index (χ2n) is 4.75. The van der Waals surface area contributed by atoms with Crippen LogP contribution in [0, 0.1) is 17.1 Å². The number of hydrogen-bond donors (Lipinski definition) is 0. The van der Waals surface area contributed by atoms with Crippen LogP contribution in [0.4, 0.5) is 4.39 Å². The zero-order valence-corrected chi connectivity index (χ0v) is 10.3. The predicted octanol–water partition coefficient (Wildman–Crippen LogP) is 1.95. The molecule has 1 aromatic carbocycles. The fraction of sp³-hybridized carbons (Fsp3) is 0.286. The molecule has 0 unspecified atom stereocenters. The van der Waals surface area contributed by atoms with Gasteiger partial charge in [0, 0.05) is 37.6 Å². The van der Waals surface area contributed by atoms with Gasteiger partial charge in [0.15, 0.2) is 0 Å². The summed E-state index contributed by atoms with van der Waals surface area (Å²) < 4.78 is 15.6. The molecule has 2 heterocycles. The van der Waals surface area contributed by atoms with Crippen molar-refractivity contribution in [2.45, 2.75) is 12.6 Å². The Morgan fingerprint density at radius 1 is 1.42 bits per heavy atom. The summed E-state index contributed by atoms with van der Waals surface area (Å²) in [6.45, 7) is 2.26. The molecular weight excluding hydrogens is 243 g/mol. The van der Waals surface area contributed by atoms with E-state index in [0.717, 1.165) is 13.1 Å². The van der Waals surface area contributed by atoms with Crippen LogP contribution in [0.1, 0.15) is 17.2 Å². The minimum Gasteiger partial charge on any atom is -0.295 e. The summed E-state index contributed by atoms with van der Waals surface area (Å²) in [5, 5.41) is 13.0. The molecule has 0 saturated carbocycles. The van der Waals surface area contributed by atoms with Crippen molar-refractivity contribution >= 4 is 0 Å². The van der Waals surface area contributed by atoms with Gasteiger partial charge in [0.1, 0.15) is 5.82 Å². The van der Waals surface area contributed by atoms with Crippen LogP contribution in [0.25, 0.3) is 0 Å². The number of hydrogen-bond acceptors (Lipinski definition) is 3. The van der Waals surface area contributed by atoms with E-state index >= 15 is 0 Å². The Morgan fingerprint density at radius 3 is 2.95 bits per heavy atom. The molecular formula is C14H13FN4. The van der Waals surface area contributed by atoms with Crippen LogP contribution in [-0.4, -0.2) is 27.8 Å². The monoisotopic (exact) mass is 256 g/mol. The van der Waals surface area contributed by atoms with Crippen LogP contribution in [0.15, 0.2) is 36.7 Å². The first-order valence-electron chi connectivity index (χ1n) is 6.16. The van der Waals surface area contributed by atoms with Gasteiger partial charge in [-0.3, -0.25) is 9.58 Å². The molecule has 1 aliphatic rings. The first-order chi connectivity index (χ1) is 9.26. The van der Waals surface area contributed by atoms with E-state index in [1.807, 2.05) is 23.0 Å². The largest absolute Gasteiger partial charge is 0.295 e. The van der Waals surface area contributed by atoms with Crippen molar-refractivity contribution in [2.24, 2.45) is 0 Å². The molecule has 1 fully saturated rings. The molecule has 1 aromatic heterocycles. The lowest BCUT2D eigenvalue weighted by molar-refractivity contribution is 0.0897. The maximum atomic E-state index is 13.6. The van der Waals surface area contributed by atoms with Crippen LogP contribution in [-0.2, 0) is 6.54 Å². The second kappa shape index (κ2) is 4.82. The van der Waals surface area contributed by atoms with Crippen molar-refractivity contribution in [1.82, 2.24) is 14.7 Å². The van der Waals surface area contributed by atoms with E-state index in [-0.39, 0.29) is 5.82 Å². The Hall–Kier alpha value is -2.19. The van der Waals surface area contributed by atoms with Gasteiger partial charge < -0.3 is 0 Å². The zero-order valence-electron chi connectivity index (χ0n) is 10.3. The van der Waals surface area contributed by atoms with Crippen molar-refractivity contribution in [3.63, 3.8) is 0 Å². The molecule has 0 N–H and O–H groups in total. The summed E-state index contributed by atoms with van der Waals surface area (Å²) in [6, 6.07) is 8.79. The van der Waals surface area contributed by atoms with E-state index in [2.05, 4.69) is 10.00 Å². The highest BCUT2D eigenvalue weighted by molar-refractivity contribution is 5.33. The standard InChI is InChI=1S/C14H13FN4/c15-14-3-2-11(7-16)6-12(14)8-18-9-13(10-18)19-5-1-4-17-19/h1-6,13H,8-10H2. The van der Waals surface area contributed by atoms with Gasteiger partial charge in [-0.25, -0.2) is 4.39 Å². The average Bonchev–Trinajstić information content (AvgIpc) is 2.88. The third-order valence-corrected chi connectivity index (χ3v) is 3.41. The molecule has 1 aliphatic heterocycles. The minimum absolute atomic E-state index is 0.249. The number of likely N-dealkylation sites (tertiary alicyclic amines) is 1. The number of benzene rings is 1. The van der Waals surface area contributed by atoms with E-state index in [1.54, 1.807) is 12.3 Å². The zero-order chi connectivity index (χ0) is 13.2. The van der Waals surface area contributed by atoms with Crippen molar-refractivity contribution < 1.29 is 4.39 Å². The summed E-state index contributed by atoms with van der Waals surface area (Å²) in [5.41, 5.74) is 1.08. The number of halogens is 1. The van der Waals surface area contributed by atoms with Crippen LogP contribution < -0.4 is 0 Å². The maximum absolute atomic E-state index is 13.6. The van der Waals surface area contributed by atoms with Crippen LogP contribution >= 0.6 is 0 Å². The predicted molar refractivity (Wildman–Crippen MR) is 67.7 cm³/mol. The van der Waals surface area contributed by atoms with Crippen LogP contribution in [0.5, 0.6) is 0 Å². The first kappa shape index (κ1) is 11.9. The molecule has 0 spiro atoms. The molecule has 0 radical (unpaired) electrons. The summed E-state index contributed by atoms with van der Waals surface area (Å²) in [6.07, 6.45) is 3.71. The number of nitriles is 1. The molecule has 0 amide bonds. The molecule has 0 aliphatic carbocycles. The van der Waals surface area contributed by atoms with Crippen molar-refractivity contribution in [1.29, 1.82) is 5.26 Å². The highest BCUT2D eigenvalue weighted by Gasteiger charge is 2.28. The van der Waals surface area contributed by atoms with Crippen molar-refractivity contribution in [3.05, 3.63) is 53.6 Å².